The predicted octanol–water partition coefficient (Wildman–Crippen LogP) is 7.01. The molecule has 0 saturated heterocycles. The molecule has 8 rings (SSSR count). The summed E-state index contributed by atoms with van der Waals surface area (Å²) in [7, 11) is -0.103. The first kappa shape index (κ1) is 49.3. The molecule has 67 heavy (non-hydrogen) atoms. The maximum atomic E-state index is 14.6. The fourth-order valence-electron chi connectivity index (χ4n) is 6.05. The van der Waals surface area contributed by atoms with Crippen molar-refractivity contribution >= 4 is 33.4 Å². The molecule has 0 amide bonds. The van der Waals surface area contributed by atoms with Crippen LogP contribution in [0.5, 0.6) is 11.5 Å². The molecule has 2 fully saturated rings. The smallest absolute Gasteiger partial charge is 0.264 e. The highest BCUT2D eigenvalue weighted by Gasteiger charge is 2.45. The average Bonchev–Trinajstić information content (AvgIpc) is 4.19. The Hall–Kier alpha value is -7.11. The largest absolute Gasteiger partial charge is 0.505 e. The van der Waals surface area contributed by atoms with E-state index in [1.165, 1.54) is 18.2 Å². The molecule has 0 aliphatic heterocycles. The van der Waals surface area contributed by atoms with E-state index in [0.29, 0.717) is 60.7 Å². The molecule has 19 nitrogen and oxygen atoms in total. The van der Waals surface area contributed by atoms with E-state index in [2.05, 4.69) is 51.0 Å². The predicted molar refractivity (Wildman–Crippen MR) is 242 cm³/mol. The summed E-state index contributed by atoms with van der Waals surface area (Å²) in [6.07, 6.45) is 14.4. The number of phenolic OH excluding ortho intramolecular Hbond substituents is 1. The number of hydrogen-bond acceptors (Lipinski definition) is 17. The van der Waals surface area contributed by atoms with Gasteiger partial charge in [-0.2, -0.15) is 29.1 Å². The first-order chi connectivity index (χ1) is 32.1. The van der Waals surface area contributed by atoms with E-state index < -0.39 is 38.3 Å². The molecule has 22 heteroatoms. The van der Waals surface area contributed by atoms with Gasteiger partial charge in [0.1, 0.15) is 6.61 Å². The summed E-state index contributed by atoms with van der Waals surface area (Å²) < 4.78 is 72.8. The van der Waals surface area contributed by atoms with Crippen molar-refractivity contribution in [2.75, 3.05) is 57.5 Å². The zero-order valence-corrected chi connectivity index (χ0v) is 38.3. The summed E-state index contributed by atoms with van der Waals surface area (Å²) in [6, 6.07) is 13.2. The zero-order valence-electron chi connectivity index (χ0n) is 37.5. The Morgan fingerprint density at radius 3 is 1.66 bits per heavy atom. The van der Waals surface area contributed by atoms with Crippen molar-refractivity contribution in [1.29, 1.82) is 10.5 Å². The fraction of sp³-hybridized carbons (Fsp3) is 0.378. The molecule has 0 bridgehead atoms. The maximum absolute atomic E-state index is 14.6. The van der Waals surface area contributed by atoms with Gasteiger partial charge < -0.3 is 30.0 Å². The van der Waals surface area contributed by atoms with Crippen LogP contribution in [0.15, 0.2) is 73.6 Å². The molecule has 2 aromatic carbocycles. The van der Waals surface area contributed by atoms with Gasteiger partial charge in [0.25, 0.3) is 10.1 Å². The lowest BCUT2D eigenvalue weighted by molar-refractivity contribution is 0.183. The van der Waals surface area contributed by atoms with Crippen LogP contribution in [0, 0.1) is 59.0 Å². The van der Waals surface area contributed by atoms with Gasteiger partial charge in [-0.15, -0.1) is 0 Å². The summed E-state index contributed by atoms with van der Waals surface area (Å²) in [5.74, 6) is -0.670. The lowest BCUT2D eigenvalue weighted by Gasteiger charge is -2.12. The fourth-order valence-corrected chi connectivity index (χ4v) is 6.49. The van der Waals surface area contributed by atoms with E-state index in [4.69, 9.17) is 24.7 Å². The van der Waals surface area contributed by atoms with E-state index in [-0.39, 0.29) is 19.0 Å². The van der Waals surface area contributed by atoms with Crippen LogP contribution in [0.4, 0.5) is 32.1 Å². The van der Waals surface area contributed by atoms with Crippen molar-refractivity contribution < 1.29 is 40.7 Å². The molecule has 0 unspecified atom stereocenters. The van der Waals surface area contributed by atoms with Crippen LogP contribution < -0.4 is 15.4 Å². The quantitative estimate of drug-likeness (QED) is 0.0733. The van der Waals surface area contributed by atoms with Crippen molar-refractivity contribution in [2.45, 2.75) is 52.6 Å². The minimum absolute atomic E-state index is 0.0162. The maximum Gasteiger partial charge on any atom is 0.264 e. The number of ether oxygens (including phenoxy) is 3. The Labute approximate surface area is 386 Å². The van der Waals surface area contributed by atoms with E-state index in [0.717, 1.165) is 54.4 Å². The van der Waals surface area contributed by atoms with Crippen LogP contribution in [0.3, 0.4) is 0 Å². The van der Waals surface area contributed by atoms with Gasteiger partial charge in [-0.1, -0.05) is 0 Å². The molecule has 2 saturated carbocycles. The number of methoxy groups -OCH3 is 2. The average molecular weight is 941 g/mol. The van der Waals surface area contributed by atoms with Crippen molar-refractivity contribution in [3.8, 4) is 46.2 Å². The second-order valence-electron chi connectivity index (χ2n) is 16.0. The summed E-state index contributed by atoms with van der Waals surface area (Å²) in [5, 5.41) is 41.7. The second kappa shape index (κ2) is 21.9. The Morgan fingerprint density at radius 1 is 0.746 bits per heavy atom. The number of aromatic hydroxyl groups is 1. The van der Waals surface area contributed by atoms with Gasteiger partial charge in [-0.05, 0) is 87.1 Å². The van der Waals surface area contributed by atoms with Gasteiger partial charge in [0.15, 0.2) is 23.1 Å². The number of phenols is 1. The molecule has 4 heterocycles. The minimum Gasteiger partial charge on any atom is -0.505 e. The van der Waals surface area contributed by atoms with Crippen LogP contribution in [0.25, 0.3) is 22.5 Å². The lowest BCUT2D eigenvalue weighted by atomic mass is 10.1. The molecule has 0 atom stereocenters. The molecule has 2 aliphatic rings. The highest BCUT2D eigenvalue weighted by molar-refractivity contribution is 7.86. The van der Waals surface area contributed by atoms with Crippen LogP contribution in [0.2, 0.25) is 0 Å². The number of nitriles is 2. The summed E-state index contributed by atoms with van der Waals surface area (Å²) >= 11 is 0. The number of rotatable bonds is 18. The monoisotopic (exact) mass is 940 g/mol. The number of hydrogen-bond donors (Lipinski definition) is 3. The molecular formula is C45H50F2N12O7S. The van der Waals surface area contributed by atoms with Crippen molar-refractivity contribution in [3.05, 3.63) is 96.3 Å². The van der Waals surface area contributed by atoms with Gasteiger partial charge in [0.2, 0.25) is 11.9 Å². The summed E-state index contributed by atoms with van der Waals surface area (Å²) in [6.45, 7) is 6.35. The number of benzene rings is 2. The third kappa shape index (κ3) is 14.2. The third-order valence-corrected chi connectivity index (χ3v) is 11.0. The van der Waals surface area contributed by atoms with Crippen molar-refractivity contribution in [2.24, 2.45) is 10.8 Å². The van der Waals surface area contributed by atoms with Gasteiger partial charge in [-0.25, -0.2) is 28.7 Å². The van der Waals surface area contributed by atoms with E-state index in [1.807, 2.05) is 32.3 Å². The molecular weight excluding hydrogens is 891 g/mol. The lowest BCUT2D eigenvalue weighted by Crippen LogP contribution is -2.12. The molecule has 0 spiro atoms. The van der Waals surface area contributed by atoms with E-state index in [1.54, 1.807) is 66.6 Å². The first-order valence-electron chi connectivity index (χ1n) is 20.9. The third-order valence-electron chi connectivity index (χ3n) is 10.4. The van der Waals surface area contributed by atoms with Gasteiger partial charge in [0.05, 0.1) is 97.3 Å². The number of nitrogens with zero attached hydrogens (tertiary/aromatic N) is 10. The van der Waals surface area contributed by atoms with Gasteiger partial charge >= 0.3 is 0 Å². The number of halogens is 2. The normalized spacial score (nSPS) is 14.0. The molecule has 3 N–H and O–H groups in total. The van der Waals surface area contributed by atoms with Crippen molar-refractivity contribution in [1.82, 2.24) is 39.5 Å². The molecule has 6 aromatic rings. The number of anilines is 4. The highest BCUT2D eigenvalue weighted by atomic mass is 32.2. The van der Waals surface area contributed by atoms with Crippen LogP contribution in [-0.2, 0) is 36.9 Å². The molecule has 0 radical (unpaired) electrons. The van der Waals surface area contributed by atoms with Crippen molar-refractivity contribution in [3.63, 3.8) is 0 Å². The standard InChI is InChI=1S/C22H23FN6O2.C17H18FN5O2.C6H9NO3S/c1-15-10-25-21(27-17-11-26-29(12-17)7-8-30-2)28-20(15)16-3-4-19(18(23)9-16)31-14-22(13-24)5-6-22;1-11-8-19-17(21-13-9-20-23(10-13)5-6-25-2)22-16(11)12-3-4-15(24)14(18)7-12;1-11(8,9)10-5-6(4-7)2-3-6/h3-4,9-12H,5-8,14H2,1-2H3,(H,25,27,28);3-4,7-10,24H,5-6H2,1-2H3,(H,19,21,22);2-3,5H2,1H3. The molecule has 4 aromatic heterocycles. The number of aromatic nitrogens is 8. The second-order valence-corrected chi connectivity index (χ2v) is 17.7. The van der Waals surface area contributed by atoms with Crippen LogP contribution in [-0.4, -0.2) is 99.9 Å². The summed E-state index contributed by atoms with van der Waals surface area (Å²) in [5.41, 5.74) is 4.53. The summed E-state index contributed by atoms with van der Waals surface area (Å²) in [4.78, 5) is 17.6. The minimum atomic E-state index is -3.38. The SMILES string of the molecule is COCCn1cc(Nc2ncc(C)c(-c3ccc(O)c(F)c3)n2)cn1.COCCn1cc(Nc2ncc(C)c(-c3ccc(OCC4(C#N)CC4)c(F)c3)n2)cn1.CS(=O)(=O)OCC1(C#N)CC1. The Kier molecular flexibility index (Phi) is 16.1. The molecule has 352 valence electrons. The topological polar surface area (TPSA) is 250 Å². The highest BCUT2D eigenvalue weighted by Crippen LogP contribution is 2.46. The van der Waals surface area contributed by atoms with Crippen LogP contribution >= 0.6 is 0 Å². The Balaban J connectivity index is 0.000000183. The first-order valence-corrected chi connectivity index (χ1v) is 22.7. The Morgan fingerprint density at radius 2 is 1.22 bits per heavy atom. The molecule has 2 aliphatic carbocycles. The van der Waals surface area contributed by atoms with Gasteiger partial charge in [0, 0.05) is 50.1 Å². The number of aryl methyl sites for hydroxylation is 2. The van der Waals surface area contributed by atoms with Gasteiger partial charge in [-0.3, -0.25) is 13.5 Å². The van der Waals surface area contributed by atoms with E-state index in [9.17, 15) is 22.3 Å². The van der Waals surface area contributed by atoms with Crippen LogP contribution in [0.1, 0.15) is 36.8 Å². The Bertz CT molecular complexity index is 2860. The number of nitrogens with one attached hydrogen (secondary N) is 2. The zero-order chi connectivity index (χ0) is 48.2. The van der Waals surface area contributed by atoms with E-state index >= 15 is 0 Å².